The molecule has 0 fully saturated rings. The highest BCUT2D eigenvalue weighted by Gasteiger charge is 2.12. The number of hydrogen-bond donors (Lipinski definition) is 2. The van der Waals surface area contributed by atoms with Gasteiger partial charge in [-0.25, -0.2) is 15.4 Å². The van der Waals surface area contributed by atoms with Crippen LogP contribution in [-0.4, -0.2) is 16.5 Å². The number of aromatic nitrogens is 2. The first-order valence-electron chi connectivity index (χ1n) is 3.36. The SMILES string of the molecule is Clc1ncnc2c1CCNN2. The van der Waals surface area contributed by atoms with E-state index in [0.717, 1.165) is 24.3 Å². The van der Waals surface area contributed by atoms with Gasteiger partial charge in [-0.15, -0.1) is 0 Å². The molecule has 4 nitrogen and oxygen atoms in total. The number of halogens is 1. The van der Waals surface area contributed by atoms with Gasteiger partial charge in [-0.3, -0.25) is 0 Å². The predicted octanol–water partition coefficient (Wildman–Crippen LogP) is 0.603. The third-order valence-corrected chi connectivity index (χ3v) is 1.93. The first-order chi connectivity index (χ1) is 5.38. The van der Waals surface area contributed by atoms with Gasteiger partial charge in [0.1, 0.15) is 17.3 Å². The Morgan fingerprint density at radius 3 is 3.18 bits per heavy atom. The van der Waals surface area contributed by atoms with E-state index >= 15 is 0 Å². The van der Waals surface area contributed by atoms with Gasteiger partial charge in [0, 0.05) is 12.1 Å². The summed E-state index contributed by atoms with van der Waals surface area (Å²) in [4.78, 5) is 7.89. The summed E-state index contributed by atoms with van der Waals surface area (Å²) in [5.74, 6) is 0.788. The lowest BCUT2D eigenvalue weighted by atomic mass is 10.2. The van der Waals surface area contributed by atoms with Crippen molar-refractivity contribution < 1.29 is 0 Å². The molecule has 0 unspecified atom stereocenters. The van der Waals surface area contributed by atoms with Crippen molar-refractivity contribution in [1.82, 2.24) is 15.4 Å². The molecule has 1 aliphatic heterocycles. The van der Waals surface area contributed by atoms with E-state index < -0.39 is 0 Å². The quantitative estimate of drug-likeness (QED) is 0.560. The van der Waals surface area contributed by atoms with Gasteiger partial charge in [-0.2, -0.15) is 0 Å². The van der Waals surface area contributed by atoms with Crippen molar-refractivity contribution in [3.8, 4) is 0 Å². The fourth-order valence-corrected chi connectivity index (χ4v) is 1.28. The summed E-state index contributed by atoms with van der Waals surface area (Å²) in [5, 5.41) is 0.545. The van der Waals surface area contributed by atoms with Crippen LogP contribution in [0.5, 0.6) is 0 Å². The van der Waals surface area contributed by atoms with Crippen LogP contribution in [0.4, 0.5) is 5.82 Å². The van der Waals surface area contributed by atoms with Crippen LogP contribution in [0.25, 0.3) is 0 Å². The molecule has 0 bridgehead atoms. The minimum Gasteiger partial charge on any atom is -0.305 e. The topological polar surface area (TPSA) is 49.8 Å². The van der Waals surface area contributed by atoms with Gasteiger partial charge in [0.05, 0.1) is 0 Å². The lowest BCUT2D eigenvalue weighted by Gasteiger charge is -2.17. The van der Waals surface area contributed by atoms with Crippen LogP contribution >= 0.6 is 11.6 Å². The molecule has 0 aromatic carbocycles. The standard InChI is InChI=1S/C6H7ClN4/c7-5-4-1-2-10-11-6(4)9-3-8-5/h3,10H,1-2H2,(H,8,9,11). The van der Waals surface area contributed by atoms with Crippen molar-refractivity contribution >= 4 is 17.4 Å². The first kappa shape index (κ1) is 6.82. The number of nitrogens with one attached hydrogen (secondary N) is 2. The first-order valence-corrected chi connectivity index (χ1v) is 3.74. The molecular formula is C6H7ClN4. The summed E-state index contributed by atoms with van der Waals surface area (Å²) in [5.41, 5.74) is 6.88. The zero-order valence-corrected chi connectivity index (χ0v) is 6.52. The maximum absolute atomic E-state index is 5.82. The van der Waals surface area contributed by atoms with E-state index in [1.165, 1.54) is 6.33 Å². The summed E-state index contributed by atoms with van der Waals surface area (Å²) in [7, 11) is 0. The van der Waals surface area contributed by atoms with Crippen LogP contribution in [0.2, 0.25) is 5.15 Å². The maximum atomic E-state index is 5.82. The predicted molar refractivity (Wildman–Crippen MR) is 42.4 cm³/mol. The van der Waals surface area contributed by atoms with Crippen LogP contribution < -0.4 is 10.9 Å². The van der Waals surface area contributed by atoms with Crippen molar-refractivity contribution in [2.75, 3.05) is 12.0 Å². The molecule has 58 valence electrons. The molecule has 0 atom stereocenters. The number of anilines is 1. The van der Waals surface area contributed by atoms with Gasteiger partial charge in [-0.05, 0) is 6.42 Å². The molecule has 0 saturated carbocycles. The second-order valence-corrected chi connectivity index (χ2v) is 2.65. The molecule has 1 aromatic rings. The highest BCUT2D eigenvalue weighted by Crippen LogP contribution is 2.20. The minimum absolute atomic E-state index is 0.545. The summed E-state index contributed by atoms with van der Waals surface area (Å²) >= 11 is 5.82. The lowest BCUT2D eigenvalue weighted by Crippen LogP contribution is -2.30. The Morgan fingerprint density at radius 1 is 1.45 bits per heavy atom. The molecule has 1 aliphatic rings. The maximum Gasteiger partial charge on any atom is 0.148 e. The average Bonchev–Trinajstić information content (AvgIpc) is 2.06. The third kappa shape index (κ3) is 1.15. The van der Waals surface area contributed by atoms with Gasteiger partial charge >= 0.3 is 0 Å². The van der Waals surface area contributed by atoms with Crippen LogP contribution in [0.15, 0.2) is 6.33 Å². The van der Waals surface area contributed by atoms with E-state index in [1.807, 2.05) is 0 Å². The smallest absolute Gasteiger partial charge is 0.148 e. The summed E-state index contributed by atoms with van der Waals surface area (Å²) < 4.78 is 0. The van der Waals surface area contributed by atoms with Gasteiger partial charge in [0.2, 0.25) is 0 Å². The number of hydrogen-bond acceptors (Lipinski definition) is 4. The van der Waals surface area contributed by atoms with Crippen molar-refractivity contribution in [3.05, 3.63) is 17.0 Å². The van der Waals surface area contributed by atoms with Gasteiger partial charge < -0.3 is 5.43 Å². The molecule has 5 heteroatoms. The summed E-state index contributed by atoms with van der Waals surface area (Å²) in [6.45, 7) is 0.861. The fraction of sp³-hybridized carbons (Fsp3) is 0.333. The largest absolute Gasteiger partial charge is 0.305 e. The summed E-state index contributed by atoms with van der Waals surface area (Å²) in [6.07, 6.45) is 2.32. The number of hydrazine groups is 1. The molecular weight excluding hydrogens is 164 g/mol. The third-order valence-electron chi connectivity index (χ3n) is 1.60. The number of rotatable bonds is 0. The number of nitrogens with zero attached hydrogens (tertiary/aromatic N) is 2. The van der Waals surface area contributed by atoms with E-state index in [2.05, 4.69) is 20.8 Å². The zero-order chi connectivity index (χ0) is 7.68. The van der Waals surface area contributed by atoms with Crippen molar-refractivity contribution in [1.29, 1.82) is 0 Å². The Balaban J connectivity index is 2.49. The second-order valence-electron chi connectivity index (χ2n) is 2.29. The molecule has 2 N–H and O–H groups in total. The highest BCUT2D eigenvalue weighted by molar-refractivity contribution is 6.30. The molecule has 11 heavy (non-hydrogen) atoms. The van der Waals surface area contributed by atoms with E-state index in [-0.39, 0.29) is 0 Å². The van der Waals surface area contributed by atoms with E-state index in [9.17, 15) is 0 Å². The molecule has 0 spiro atoms. The molecule has 2 rings (SSSR count). The molecule has 1 aromatic heterocycles. The van der Waals surface area contributed by atoms with Gasteiger partial charge in [0.15, 0.2) is 0 Å². The fourth-order valence-electron chi connectivity index (χ4n) is 1.05. The monoisotopic (exact) mass is 170 g/mol. The molecule has 0 radical (unpaired) electrons. The average molecular weight is 171 g/mol. The highest BCUT2D eigenvalue weighted by atomic mass is 35.5. The second kappa shape index (κ2) is 2.64. The molecule has 0 aliphatic carbocycles. The Morgan fingerprint density at radius 2 is 2.36 bits per heavy atom. The van der Waals surface area contributed by atoms with Crippen molar-refractivity contribution in [3.63, 3.8) is 0 Å². The Labute approximate surface area is 69.0 Å². The van der Waals surface area contributed by atoms with Crippen molar-refractivity contribution in [2.24, 2.45) is 0 Å². The van der Waals surface area contributed by atoms with E-state index in [0.29, 0.717) is 5.15 Å². The summed E-state index contributed by atoms with van der Waals surface area (Å²) in [6, 6.07) is 0. The van der Waals surface area contributed by atoms with Crippen LogP contribution in [0, 0.1) is 0 Å². The zero-order valence-electron chi connectivity index (χ0n) is 5.76. The van der Waals surface area contributed by atoms with Gasteiger partial charge in [0.25, 0.3) is 0 Å². The lowest BCUT2D eigenvalue weighted by molar-refractivity contribution is 0.731. The molecule has 0 saturated heterocycles. The minimum atomic E-state index is 0.545. The molecule has 2 heterocycles. The normalized spacial score (nSPS) is 15.4. The Bertz CT molecular complexity index is 275. The van der Waals surface area contributed by atoms with Crippen LogP contribution in [0.1, 0.15) is 5.56 Å². The Kier molecular flexibility index (Phi) is 1.63. The van der Waals surface area contributed by atoms with Gasteiger partial charge in [-0.1, -0.05) is 11.6 Å². The van der Waals surface area contributed by atoms with E-state index in [1.54, 1.807) is 0 Å². The Hall–Kier alpha value is -0.870. The van der Waals surface area contributed by atoms with Crippen molar-refractivity contribution in [2.45, 2.75) is 6.42 Å². The van der Waals surface area contributed by atoms with Crippen LogP contribution in [-0.2, 0) is 6.42 Å². The van der Waals surface area contributed by atoms with Crippen LogP contribution in [0.3, 0.4) is 0 Å². The number of fused-ring (bicyclic) bond motifs is 1. The van der Waals surface area contributed by atoms with E-state index in [4.69, 9.17) is 11.6 Å². The molecule has 0 amide bonds.